The normalized spacial score (nSPS) is 12.9. The van der Waals surface area contributed by atoms with E-state index in [4.69, 9.17) is 0 Å². The molecule has 0 saturated heterocycles. The summed E-state index contributed by atoms with van der Waals surface area (Å²) in [5.74, 6) is 0. The van der Waals surface area contributed by atoms with Crippen molar-refractivity contribution in [3.8, 4) is 0 Å². The minimum atomic E-state index is 0.757. The number of rotatable bonds is 5. The summed E-state index contributed by atoms with van der Waals surface area (Å²) in [4.78, 5) is 9.99. The Morgan fingerprint density at radius 3 is 2.12 bits per heavy atom. The van der Waals surface area contributed by atoms with Crippen LogP contribution in [0, 0.1) is 0 Å². The maximum Gasteiger partial charge on any atom is 0.142 e. The third-order valence-corrected chi connectivity index (χ3v) is 2.21. The Hall–Kier alpha value is -2.15. The molecular formula is C16H16O. The van der Waals surface area contributed by atoms with E-state index in [2.05, 4.69) is 25.1 Å². The summed E-state index contributed by atoms with van der Waals surface area (Å²) in [5.41, 5.74) is 2.45. The van der Waals surface area contributed by atoms with Gasteiger partial charge in [0, 0.05) is 0 Å². The Bertz CT molecular complexity index is 448. The molecule has 1 aromatic rings. The molecule has 1 heteroatoms. The van der Waals surface area contributed by atoms with Crippen molar-refractivity contribution in [2.75, 3.05) is 0 Å². The highest BCUT2D eigenvalue weighted by Crippen LogP contribution is 2.12. The van der Waals surface area contributed by atoms with Crippen molar-refractivity contribution < 1.29 is 4.79 Å². The summed E-state index contributed by atoms with van der Waals surface area (Å²) >= 11 is 0. The Morgan fingerprint density at radius 1 is 0.882 bits per heavy atom. The molecule has 0 amide bonds. The SMILES string of the molecule is C\C(=C/C=C/C=C/C=C/C=O)c1ccccc1. The minimum absolute atomic E-state index is 0.757. The number of hydrogen-bond donors (Lipinski definition) is 0. The van der Waals surface area contributed by atoms with Crippen molar-refractivity contribution in [3.63, 3.8) is 0 Å². The van der Waals surface area contributed by atoms with Crippen LogP contribution in [0.2, 0.25) is 0 Å². The van der Waals surface area contributed by atoms with Gasteiger partial charge in [0.1, 0.15) is 6.29 Å². The molecule has 0 aliphatic heterocycles. The topological polar surface area (TPSA) is 17.1 Å². The standard InChI is InChI=1S/C16H16O/c1-15(16-12-8-6-9-13-16)11-7-4-2-3-5-10-14-17/h2-14H,1H3/b3-2+,7-4+,10-5+,15-11+. The van der Waals surface area contributed by atoms with E-state index in [1.807, 2.05) is 42.5 Å². The van der Waals surface area contributed by atoms with E-state index < -0.39 is 0 Å². The largest absolute Gasteiger partial charge is 0.299 e. The number of carbonyl (C=O) groups is 1. The first-order valence-corrected chi connectivity index (χ1v) is 5.52. The zero-order chi connectivity index (χ0) is 12.3. The lowest BCUT2D eigenvalue weighted by Crippen LogP contribution is -1.75. The predicted octanol–water partition coefficient (Wildman–Crippen LogP) is 3.96. The molecule has 0 fully saturated rings. The maximum absolute atomic E-state index is 9.99. The van der Waals surface area contributed by atoms with Gasteiger partial charge in [0.05, 0.1) is 0 Å². The van der Waals surface area contributed by atoms with Gasteiger partial charge >= 0.3 is 0 Å². The Kier molecular flexibility index (Phi) is 6.12. The van der Waals surface area contributed by atoms with Crippen LogP contribution in [-0.2, 0) is 4.79 Å². The quantitative estimate of drug-likeness (QED) is 0.420. The molecule has 1 aromatic carbocycles. The van der Waals surface area contributed by atoms with Crippen LogP contribution in [0.15, 0.2) is 72.9 Å². The molecule has 0 unspecified atom stereocenters. The van der Waals surface area contributed by atoms with Gasteiger partial charge in [-0.15, -0.1) is 0 Å². The summed E-state index contributed by atoms with van der Waals surface area (Å²) in [6, 6.07) is 10.2. The first kappa shape index (κ1) is 12.9. The molecule has 0 spiro atoms. The summed E-state index contributed by atoms with van der Waals surface area (Å²) < 4.78 is 0. The van der Waals surface area contributed by atoms with E-state index in [-0.39, 0.29) is 0 Å². The molecule has 0 aliphatic carbocycles. The van der Waals surface area contributed by atoms with Crippen LogP contribution in [0.3, 0.4) is 0 Å². The predicted molar refractivity (Wildman–Crippen MR) is 73.6 cm³/mol. The van der Waals surface area contributed by atoms with Crippen molar-refractivity contribution in [1.82, 2.24) is 0 Å². The van der Waals surface area contributed by atoms with E-state index in [0.717, 1.165) is 6.29 Å². The zero-order valence-electron chi connectivity index (χ0n) is 9.91. The van der Waals surface area contributed by atoms with E-state index in [1.54, 1.807) is 6.08 Å². The molecule has 17 heavy (non-hydrogen) atoms. The van der Waals surface area contributed by atoms with Crippen LogP contribution < -0.4 is 0 Å². The maximum atomic E-state index is 9.99. The van der Waals surface area contributed by atoms with Crippen molar-refractivity contribution in [3.05, 3.63) is 78.4 Å². The Morgan fingerprint density at radius 2 is 1.47 bits per heavy atom. The summed E-state index contributed by atoms with van der Waals surface area (Å²) in [6.45, 7) is 2.08. The first-order valence-electron chi connectivity index (χ1n) is 5.52. The minimum Gasteiger partial charge on any atom is -0.299 e. The second kappa shape index (κ2) is 8.05. The fourth-order valence-corrected chi connectivity index (χ4v) is 1.30. The van der Waals surface area contributed by atoms with Gasteiger partial charge in [-0.05, 0) is 24.1 Å². The zero-order valence-corrected chi connectivity index (χ0v) is 9.91. The number of aldehydes is 1. The van der Waals surface area contributed by atoms with Gasteiger partial charge in [0.15, 0.2) is 0 Å². The van der Waals surface area contributed by atoms with Gasteiger partial charge < -0.3 is 0 Å². The number of benzene rings is 1. The van der Waals surface area contributed by atoms with Gasteiger partial charge in [0.2, 0.25) is 0 Å². The molecule has 0 bridgehead atoms. The first-order chi connectivity index (χ1) is 8.34. The lowest BCUT2D eigenvalue weighted by Gasteiger charge is -1.97. The lowest BCUT2D eigenvalue weighted by molar-refractivity contribution is -0.104. The van der Waals surface area contributed by atoms with Gasteiger partial charge in [-0.2, -0.15) is 0 Å². The molecule has 0 radical (unpaired) electrons. The third kappa shape index (κ3) is 5.47. The fourth-order valence-electron chi connectivity index (χ4n) is 1.30. The summed E-state index contributed by atoms with van der Waals surface area (Å²) in [7, 11) is 0. The highest BCUT2D eigenvalue weighted by Gasteiger charge is 1.89. The molecular weight excluding hydrogens is 208 g/mol. The van der Waals surface area contributed by atoms with Crippen LogP contribution >= 0.6 is 0 Å². The molecule has 0 saturated carbocycles. The smallest absolute Gasteiger partial charge is 0.142 e. The lowest BCUT2D eigenvalue weighted by atomic mass is 10.1. The third-order valence-electron chi connectivity index (χ3n) is 2.21. The summed E-state index contributed by atoms with van der Waals surface area (Å²) in [6.07, 6.45) is 13.6. The molecule has 0 heterocycles. The van der Waals surface area contributed by atoms with Crippen LogP contribution in [0.5, 0.6) is 0 Å². The van der Waals surface area contributed by atoms with Gasteiger partial charge in [-0.25, -0.2) is 0 Å². The van der Waals surface area contributed by atoms with Crippen LogP contribution in [0.25, 0.3) is 5.57 Å². The average molecular weight is 224 g/mol. The molecule has 0 N–H and O–H groups in total. The highest BCUT2D eigenvalue weighted by molar-refractivity contribution is 5.65. The van der Waals surface area contributed by atoms with E-state index in [1.165, 1.54) is 17.2 Å². The fraction of sp³-hybridized carbons (Fsp3) is 0.0625. The number of hydrogen-bond acceptors (Lipinski definition) is 1. The van der Waals surface area contributed by atoms with E-state index in [0.29, 0.717) is 0 Å². The van der Waals surface area contributed by atoms with Crippen LogP contribution in [-0.4, -0.2) is 6.29 Å². The van der Waals surface area contributed by atoms with Gasteiger partial charge in [-0.1, -0.05) is 66.8 Å². The molecule has 1 rings (SSSR count). The van der Waals surface area contributed by atoms with Gasteiger partial charge in [0.25, 0.3) is 0 Å². The van der Waals surface area contributed by atoms with Gasteiger partial charge in [-0.3, -0.25) is 4.79 Å². The van der Waals surface area contributed by atoms with Crippen molar-refractivity contribution in [2.45, 2.75) is 6.92 Å². The van der Waals surface area contributed by atoms with Crippen LogP contribution in [0.1, 0.15) is 12.5 Å². The number of allylic oxidation sites excluding steroid dienone is 8. The average Bonchev–Trinajstić information content (AvgIpc) is 2.38. The Labute approximate surface area is 102 Å². The van der Waals surface area contributed by atoms with Crippen molar-refractivity contribution in [1.29, 1.82) is 0 Å². The second-order valence-corrected chi connectivity index (χ2v) is 3.51. The monoisotopic (exact) mass is 224 g/mol. The van der Waals surface area contributed by atoms with Crippen molar-refractivity contribution >= 4 is 11.9 Å². The Balaban J connectivity index is 2.54. The van der Waals surface area contributed by atoms with Crippen molar-refractivity contribution in [2.24, 2.45) is 0 Å². The van der Waals surface area contributed by atoms with E-state index >= 15 is 0 Å². The second-order valence-electron chi connectivity index (χ2n) is 3.51. The highest BCUT2D eigenvalue weighted by atomic mass is 16.1. The molecule has 86 valence electrons. The molecule has 0 atom stereocenters. The molecule has 0 aromatic heterocycles. The van der Waals surface area contributed by atoms with E-state index in [9.17, 15) is 4.79 Å². The molecule has 1 nitrogen and oxygen atoms in total. The number of carbonyl (C=O) groups excluding carboxylic acids is 1. The molecule has 0 aliphatic rings. The van der Waals surface area contributed by atoms with Crippen LogP contribution in [0.4, 0.5) is 0 Å². The summed E-state index contributed by atoms with van der Waals surface area (Å²) in [5, 5.41) is 0.